The van der Waals surface area contributed by atoms with Crippen molar-refractivity contribution < 1.29 is 9.18 Å². The Kier molecular flexibility index (Phi) is 5.84. The van der Waals surface area contributed by atoms with Gasteiger partial charge in [-0.15, -0.1) is 11.3 Å². The van der Waals surface area contributed by atoms with Crippen molar-refractivity contribution in [3.63, 3.8) is 0 Å². The molecular weight excluding hydrogens is 365 g/mol. The minimum Gasteiger partial charge on any atom is -0.382 e. The molecule has 27 heavy (non-hydrogen) atoms. The number of halogens is 1. The van der Waals surface area contributed by atoms with Crippen molar-refractivity contribution >= 4 is 23.1 Å². The average Bonchev–Trinajstić information content (AvgIpc) is 3.27. The van der Waals surface area contributed by atoms with Gasteiger partial charge < -0.3 is 11.1 Å². The minimum atomic E-state index is -0.358. The molecule has 3 aromatic rings. The molecule has 3 N–H and O–H groups in total. The Balaban J connectivity index is 1.60. The maximum absolute atomic E-state index is 13.1. The fraction of sp³-hybridized carbons (Fsp3) is 0.211. The number of hydrogen-bond acceptors (Lipinski definition) is 5. The van der Waals surface area contributed by atoms with Gasteiger partial charge in [0, 0.05) is 11.4 Å². The van der Waals surface area contributed by atoms with Crippen LogP contribution in [-0.4, -0.2) is 22.2 Å². The first kappa shape index (κ1) is 18.6. The molecule has 2 aromatic heterocycles. The molecule has 6 nitrogen and oxygen atoms in total. The van der Waals surface area contributed by atoms with Gasteiger partial charge in [0.25, 0.3) is 0 Å². The number of nitrogen functional groups attached to an aromatic ring is 1. The Morgan fingerprint density at radius 1 is 1.33 bits per heavy atom. The molecule has 3 rings (SSSR count). The zero-order chi connectivity index (χ0) is 19.2. The number of carbonyl (C=O) groups is 1. The van der Waals surface area contributed by atoms with Crippen LogP contribution in [0.3, 0.4) is 0 Å². The van der Waals surface area contributed by atoms with Gasteiger partial charge in [-0.25, -0.2) is 9.07 Å². The summed E-state index contributed by atoms with van der Waals surface area (Å²) in [6.07, 6.45) is 1.50. The summed E-state index contributed by atoms with van der Waals surface area (Å²) in [6, 6.07) is 11.6. The molecule has 0 aliphatic heterocycles. The number of nitrogens with two attached hydrogens (primary N) is 1. The number of benzene rings is 1. The molecule has 8 heteroatoms. The Morgan fingerprint density at radius 3 is 2.78 bits per heavy atom. The molecule has 0 aliphatic carbocycles. The van der Waals surface area contributed by atoms with Gasteiger partial charge >= 0.3 is 0 Å². The summed E-state index contributed by atoms with van der Waals surface area (Å²) in [6.45, 7) is 0.485. The highest BCUT2D eigenvalue weighted by molar-refractivity contribution is 7.10. The molecule has 0 saturated carbocycles. The second-order valence-electron chi connectivity index (χ2n) is 5.92. The van der Waals surface area contributed by atoms with Gasteiger partial charge in [-0.1, -0.05) is 6.07 Å². The molecule has 0 saturated heterocycles. The van der Waals surface area contributed by atoms with E-state index in [1.807, 2.05) is 17.5 Å². The van der Waals surface area contributed by atoms with E-state index in [1.165, 1.54) is 16.8 Å². The third-order valence-electron chi connectivity index (χ3n) is 4.00. The fourth-order valence-electron chi connectivity index (χ4n) is 2.67. The molecule has 0 fully saturated rings. The van der Waals surface area contributed by atoms with E-state index in [1.54, 1.807) is 23.5 Å². The molecule has 0 aliphatic rings. The van der Waals surface area contributed by atoms with Crippen LogP contribution in [0.4, 0.5) is 10.2 Å². The number of anilines is 1. The van der Waals surface area contributed by atoms with Crippen molar-refractivity contribution in [2.75, 3.05) is 12.3 Å². The second-order valence-corrected chi connectivity index (χ2v) is 6.95. The Labute approximate surface area is 160 Å². The lowest BCUT2D eigenvalue weighted by atomic mass is 10.1. The Hall–Kier alpha value is -3.18. The molecule has 0 radical (unpaired) electrons. The largest absolute Gasteiger partial charge is 0.382 e. The lowest BCUT2D eigenvalue weighted by Gasteiger charge is -2.04. The van der Waals surface area contributed by atoms with Gasteiger partial charge in [-0.05, 0) is 48.6 Å². The topological polar surface area (TPSA) is 96.7 Å². The Morgan fingerprint density at radius 2 is 2.11 bits per heavy atom. The van der Waals surface area contributed by atoms with Crippen molar-refractivity contribution in [3.8, 4) is 11.8 Å². The summed E-state index contributed by atoms with van der Waals surface area (Å²) in [5.41, 5.74) is 7.48. The second kappa shape index (κ2) is 8.47. The summed E-state index contributed by atoms with van der Waals surface area (Å²) in [4.78, 5) is 12.9. The number of aryl methyl sites for hydroxylation is 1. The van der Waals surface area contributed by atoms with Crippen LogP contribution in [0.5, 0.6) is 0 Å². The number of thiophene rings is 1. The maximum atomic E-state index is 13.1. The van der Waals surface area contributed by atoms with Crippen molar-refractivity contribution in [2.24, 2.45) is 0 Å². The van der Waals surface area contributed by atoms with Crippen molar-refractivity contribution in [3.05, 3.63) is 63.7 Å². The molecule has 0 bridgehead atoms. The van der Waals surface area contributed by atoms with Crippen LogP contribution >= 0.6 is 11.3 Å². The normalized spacial score (nSPS) is 10.5. The standard InChI is InChI=1S/C19H18FN5OS/c20-13-5-7-14(8-6-13)25-19(22)16(12-21)17(24-25)4-1-9-23-18(26)11-15-3-2-10-27-15/h2-3,5-8,10H,1,4,9,11,22H2,(H,23,26). The van der Waals surface area contributed by atoms with Crippen molar-refractivity contribution in [1.82, 2.24) is 15.1 Å². The number of nitriles is 1. The SMILES string of the molecule is N#Cc1c(CCCNC(=O)Cc2cccs2)nn(-c2ccc(F)cc2)c1N. The van der Waals surface area contributed by atoms with Crippen LogP contribution < -0.4 is 11.1 Å². The molecule has 1 amide bonds. The summed E-state index contributed by atoms with van der Waals surface area (Å²) in [5, 5.41) is 18.6. The van der Waals surface area contributed by atoms with E-state index < -0.39 is 0 Å². The van der Waals surface area contributed by atoms with E-state index >= 15 is 0 Å². The van der Waals surface area contributed by atoms with Gasteiger partial charge in [-0.3, -0.25) is 4.79 Å². The van der Waals surface area contributed by atoms with Crippen molar-refractivity contribution in [1.29, 1.82) is 5.26 Å². The highest BCUT2D eigenvalue weighted by Crippen LogP contribution is 2.21. The number of rotatable bonds is 7. The zero-order valence-electron chi connectivity index (χ0n) is 14.5. The lowest BCUT2D eigenvalue weighted by molar-refractivity contribution is -0.120. The predicted octanol–water partition coefficient (Wildman–Crippen LogP) is 2.82. The van der Waals surface area contributed by atoms with Crippen LogP contribution in [0, 0.1) is 17.1 Å². The summed E-state index contributed by atoms with van der Waals surface area (Å²) >= 11 is 1.55. The number of aromatic nitrogens is 2. The first-order valence-corrected chi connectivity index (χ1v) is 9.29. The first-order chi connectivity index (χ1) is 13.1. The highest BCUT2D eigenvalue weighted by Gasteiger charge is 2.16. The van der Waals surface area contributed by atoms with Crippen molar-refractivity contribution in [2.45, 2.75) is 19.3 Å². The van der Waals surface area contributed by atoms with Crippen LogP contribution in [0.25, 0.3) is 5.69 Å². The Bertz CT molecular complexity index is 957. The predicted molar refractivity (Wildman–Crippen MR) is 102 cm³/mol. The van der Waals surface area contributed by atoms with Crippen LogP contribution in [0.2, 0.25) is 0 Å². The number of amides is 1. The quantitative estimate of drug-likeness (QED) is 0.613. The maximum Gasteiger partial charge on any atom is 0.225 e. The van der Waals surface area contributed by atoms with Crippen LogP contribution in [-0.2, 0) is 17.6 Å². The molecular formula is C19H18FN5OS. The summed E-state index contributed by atoms with van der Waals surface area (Å²) < 4.78 is 14.5. The van der Waals surface area contributed by atoms with Crippen LogP contribution in [0.15, 0.2) is 41.8 Å². The van der Waals surface area contributed by atoms with E-state index in [-0.39, 0.29) is 17.5 Å². The number of carbonyl (C=O) groups excluding carboxylic acids is 1. The van der Waals surface area contributed by atoms with Gasteiger partial charge in [-0.2, -0.15) is 10.4 Å². The number of nitrogens with zero attached hydrogens (tertiary/aromatic N) is 3. The highest BCUT2D eigenvalue weighted by atomic mass is 32.1. The molecule has 0 spiro atoms. The average molecular weight is 383 g/mol. The fourth-order valence-corrected chi connectivity index (χ4v) is 3.38. The molecule has 2 heterocycles. The molecule has 0 unspecified atom stereocenters. The summed E-state index contributed by atoms with van der Waals surface area (Å²) in [5.74, 6) is -0.168. The van der Waals surface area contributed by atoms with E-state index in [0.29, 0.717) is 42.8 Å². The van der Waals surface area contributed by atoms with Gasteiger partial charge in [0.1, 0.15) is 23.3 Å². The molecule has 1 aromatic carbocycles. The van der Waals surface area contributed by atoms with E-state index in [4.69, 9.17) is 5.73 Å². The smallest absolute Gasteiger partial charge is 0.225 e. The van der Waals surface area contributed by atoms with Gasteiger partial charge in [0.05, 0.1) is 17.8 Å². The monoisotopic (exact) mass is 383 g/mol. The van der Waals surface area contributed by atoms with E-state index in [2.05, 4.69) is 16.5 Å². The van der Waals surface area contributed by atoms with Gasteiger partial charge in [0.2, 0.25) is 5.91 Å². The third kappa shape index (κ3) is 4.51. The zero-order valence-corrected chi connectivity index (χ0v) is 15.3. The molecule has 138 valence electrons. The number of nitrogens with one attached hydrogen (secondary N) is 1. The number of hydrogen-bond donors (Lipinski definition) is 2. The first-order valence-electron chi connectivity index (χ1n) is 8.41. The minimum absolute atomic E-state index is 0.0330. The third-order valence-corrected chi connectivity index (χ3v) is 4.88. The summed E-state index contributed by atoms with van der Waals surface area (Å²) in [7, 11) is 0. The van der Waals surface area contributed by atoms with E-state index in [0.717, 1.165) is 4.88 Å². The lowest BCUT2D eigenvalue weighted by Crippen LogP contribution is -2.26. The van der Waals surface area contributed by atoms with E-state index in [9.17, 15) is 14.4 Å². The molecule has 0 atom stereocenters. The van der Waals surface area contributed by atoms with Gasteiger partial charge in [0.15, 0.2) is 0 Å². The van der Waals surface area contributed by atoms with Crippen LogP contribution in [0.1, 0.15) is 22.6 Å².